The number of benzene rings is 3. The molecule has 0 radical (unpaired) electrons. The summed E-state index contributed by atoms with van der Waals surface area (Å²) in [6.07, 6.45) is 0. The van der Waals surface area contributed by atoms with Crippen LogP contribution in [0.4, 0.5) is 11.4 Å². The largest absolute Gasteiger partial charge is 0.492 e. The Kier molecular flexibility index (Phi) is 6.19. The number of hydrogen-bond donors (Lipinski definition) is 2. The van der Waals surface area contributed by atoms with E-state index in [9.17, 15) is 0 Å². The fourth-order valence-electron chi connectivity index (χ4n) is 3.72. The highest BCUT2D eigenvalue weighted by molar-refractivity contribution is 5.93. The molecular weight excluding hydrogens is 382 g/mol. The van der Waals surface area contributed by atoms with Crippen LogP contribution in [0, 0.1) is 6.92 Å². The Morgan fingerprint density at radius 2 is 1.65 bits per heavy atom. The van der Waals surface area contributed by atoms with Gasteiger partial charge in [-0.15, -0.1) is 0 Å². The van der Waals surface area contributed by atoms with E-state index >= 15 is 0 Å². The molecule has 1 aromatic heterocycles. The Labute approximate surface area is 184 Å². The van der Waals surface area contributed by atoms with Crippen molar-refractivity contribution >= 4 is 22.3 Å². The van der Waals surface area contributed by atoms with E-state index < -0.39 is 0 Å². The molecule has 2 N–H and O–H groups in total. The van der Waals surface area contributed by atoms with Gasteiger partial charge in [0.25, 0.3) is 0 Å². The van der Waals surface area contributed by atoms with E-state index in [1.54, 1.807) is 0 Å². The fraction of sp³-hybridized carbons (Fsp3) is 0.222. The van der Waals surface area contributed by atoms with Crippen LogP contribution in [0.15, 0.2) is 84.9 Å². The molecule has 0 saturated carbocycles. The first kappa shape index (κ1) is 20.9. The van der Waals surface area contributed by atoms with Crippen LogP contribution in [0.3, 0.4) is 0 Å². The van der Waals surface area contributed by atoms with Crippen LogP contribution >= 0.6 is 0 Å². The zero-order chi connectivity index (χ0) is 21.7. The first-order valence-electron chi connectivity index (χ1n) is 10.7. The maximum Gasteiger partial charge on any atom is 0.121 e. The van der Waals surface area contributed by atoms with E-state index in [-0.39, 0.29) is 5.54 Å². The highest BCUT2D eigenvalue weighted by atomic mass is 16.5. The van der Waals surface area contributed by atoms with Crippen LogP contribution in [0.1, 0.15) is 25.1 Å². The molecule has 4 aromatic rings. The SMILES string of the molecule is Cc1cc(Nc2cccc(OCCNC(C)(C)c3ccccc3)c2)c2ccccc2n1. The van der Waals surface area contributed by atoms with E-state index in [4.69, 9.17) is 4.74 Å². The van der Waals surface area contributed by atoms with Gasteiger partial charge in [-0.05, 0) is 50.6 Å². The van der Waals surface area contributed by atoms with Gasteiger partial charge in [0.05, 0.1) is 5.52 Å². The molecule has 0 spiro atoms. The number of para-hydroxylation sites is 1. The van der Waals surface area contributed by atoms with Gasteiger partial charge in [0, 0.05) is 40.6 Å². The van der Waals surface area contributed by atoms with Crippen molar-refractivity contribution in [2.75, 3.05) is 18.5 Å². The number of rotatable bonds is 8. The number of fused-ring (bicyclic) bond motifs is 1. The summed E-state index contributed by atoms with van der Waals surface area (Å²) in [5.41, 5.74) is 5.18. The monoisotopic (exact) mass is 411 g/mol. The molecule has 0 atom stereocenters. The van der Waals surface area contributed by atoms with Gasteiger partial charge in [-0.3, -0.25) is 4.98 Å². The number of nitrogens with zero attached hydrogens (tertiary/aromatic N) is 1. The second kappa shape index (κ2) is 9.19. The number of pyridine rings is 1. The van der Waals surface area contributed by atoms with E-state index in [2.05, 4.69) is 65.9 Å². The average Bonchev–Trinajstić information content (AvgIpc) is 2.77. The molecule has 0 aliphatic carbocycles. The minimum atomic E-state index is -0.103. The zero-order valence-corrected chi connectivity index (χ0v) is 18.4. The standard InChI is InChI=1S/C27H29N3O/c1-20-18-26(24-14-7-8-15-25(24)29-20)30-22-12-9-13-23(19-22)31-17-16-28-27(2,3)21-10-5-4-6-11-21/h4-15,18-19,28H,16-17H2,1-3H3,(H,29,30). The molecule has 4 nitrogen and oxygen atoms in total. The van der Waals surface area contributed by atoms with Gasteiger partial charge >= 0.3 is 0 Å². The first-order valence-corrected chi connectivity index (χ1v) is 10.7. The van der Waals surface area contributed by atoms with Crippen molar-refractivity contribution in [2.24, 2.45) is 0 Å². The summed E-state index contributed by atoms with van der Waals surface area (Å²) >= 11 is 0. The maximum absolute atomic E-state index is 6.01. The zero-order valence-electron chi connectivity index (χ0n) is 18.4. The van der Waals surface area contributed by atoms with E-state index in [0.29, 0.717) is 6.61 Å². The van der Waals surface area contributed by atoms with Gasteiger partial charge in [0.1, 0.15) is 12.4 Å². The molecule has 31 heavy (non-hydrogen) atoms. The summed E-state index contributed by atoms with van der Waals surface area (Å²) in [4.78, 5) is 4.62. The highest BCUT2D eigenvalue weighted by Crippen LogP contribution is 2.28. The molecule has 0 aliphatic rings. The van der Waals surface area contributed by atoms with Crippen molar-refractivity contribution in [3.8, 4) is 5.75 Å². The van der Waals surface area contributed by atoms with E-state index in [1.807, 2.05) is 55.5 Å². The number of hydrogen-bond acceptors (Lipinski definition) is 4. The van der Waals surface area contributed by atoms with E-state index in [0.717, 1.165) is 40.3 Å². The smallest absolute Gasteiger partial charge is 0.121 e. The molecule has 1 heterocycles. The lowest BCUT2D eigenvalue weighted by atomic mass is 9.94. The minimum Gasteiger partial charge on any atom is -0.492 e. The van der Waals surface area contributed by atoms with Crippen LogP contribution in [-0.4, -0.2) is 18.1 Å². The normalized spacial score (nSPS) is 11.5. The molecule has 4 rings (SSSR count). The summed E-state index contributed by atoms with van der Waals surface area (Å²) < 4.78 is 6.01. The second-order valence-electron chi connectivity index (χ2n) is 8.25. The van der Waals surface area contributed by atoms with Gasteiger partial charge < -0.3 is 15.4 Å². The quantitative estimate of drug-likeness (QED) is 0.339. The third kappa shape index (κ3) is 5.22. The van der Waals surface area contributed by atoms with Crippen molar-refractivity contribution in [2.45, 2.75) is 26.3 Å². The number of anilines is 2. The Balaban J connectivity index is 1.38. The van der Waals surface area contributed by atoms with Gasteiger partial charge in [0.2, 0.25) is 0 Å². The van der Waals surface area contributed by atoms with Crippen molar-refractivity contribution in [3.63, 3.8) is 0 Å². The Morgan fingerprint density at radius 1 is 0.871 bits per heavy atom. The number of ether oxygens (including phenoxy) is 1. The summed E-state index contributed by atoms with van der Waals surface area (Å²) in [6.45, 7) is 7.74. The Bertz CT molecular complexity index is 1160. The van der Waals surface area contributed by atoms with Crippen molar-refractivity contribution < 1.29 is 4.74 Å². The van der Waals surface area contributed by atoms with Crippen LogP contribution in [0.5, 0.6) is 5.75 Å². The molecule has 0 saturated heterocycles. The van der Waals surface area contributed by atoms with Crippen LogP contribution in [0.2, 0.25) is 0 Å². The Morgan fingerprint density at radius 3 is 2.48 bits per heavy atom. The van der Waals surface area contributed by atoms with Crippen molar-refractivity contribution in [1.29, 1.82) is 0 Å². The van der Waals surface area contributed by atoms with Crippen LogP contribution < -0.4 is 15.4 Å². The maximum atomic E-state index is 6.01. The van der Waals surface area contributed by atoms with Crippen molar-refractivity contribution in [3.05, 3.63) is 96.2 Å². The average molecular weight is 412 g/mol. The highest BCUT2D eigenvalue weighted by Gasteiger charge is 2.18. The topological polar surface area (TPSA) is 46.2 Å². The third-order valence-electron chi connectivity index (χ3n) is 5.39. The number of aromatic nitrogens is 1. The first-order chi connectivity index (χ1) is 15.0. The van der Waals surface area contributed by atoms with E-state index in [1.165, 1.54) is 5.56 Å². The van der Waals surface area contributed by atoms with Gasteiger partial charge in [-0.25, -0.2) is 0 Å². The molecule has 4 heteroatoms. The van der Waals surface area contributed by atoms with Crippen LogP contribution in [-0.2, 0) is 5.54 Å². The second-order valence-corrected chi connectivity index (χ2v) is 8.25. The van der Waals surface area contributed by atoms with Crippen molar-refractivity contribution in [1.82, 2.24) is 10.3 Å². The van der Waals surface area contributed by atoms with Crippen LogP contribution in [0.25, 0.3) is 10.9 Å². The number of nitrogens with one attached hydrogen (secondary N) is 2. The molecule has 0 bridgehead atoms. The summed E-state index contributed by atoms with van der Waals surface area (Å²) in [7, 11) is 0. The van der Waals surface area contributed by atoms with Gasteiger partial charge in [0.15, 0.2) is 0 Å². The molecular formula is C27H29N3O. The Hall–Kier alpha value is -3.37. The molecule has 0 fully saturated rings. The summed E-state index contributed by atoms with van der Waals surface area (Å²) in [5, 5.41) is 8.21. The third-order valence-corrected chi connectivity index (χ3v) is 5.39. The molecule has 158 valence electrons. The molecule has 3 aromatic carbocycles. The fourth-order valence-corrected chi connectivity index (χ4v) is 3.72. The summed E-state index contributed by atoms with van der Waals surface area (Å²) in [5.74, 6) is 0.847. The summed E-state index contributed by atoms with van der Waals surface area (Å²) in [6, 6.07) is 28.8. The minimum absolute atomic E-state index is 0.103. The lowest BCUT2D eigenvalue weighted by Crippen LogP contribution is -2.38. The predicted molar refractivity (Wildman–Crippen MR) is 129 cm³/mol. The molecule has 0 aliphatic heterocycles. The molecule has 0 unspecified atom stereocenters. The lowest BCUT2D eigenvalue weighted by molar-refractivity contribution is 0.285. The predicted octanol–water partition coefficient (Wildman–Crippen LogP) is 6.19. The van der Waals surface area contributed by atoms with Gasteiger partial charge in [-0.2, -0.15) is 0 Å². The number of aryl methyl sites for hydroxylation is 1. The lowest BCUT2D eigenvalue weighted by Gasteiger charge is -2.27. The molecule has 0 amide bonds. The van der Waals surface area contributed by atoms with Gasteiger partial charge in [-0.1, -0.05) is 54.6 Å².